The number of carbonyl (C=O) groups is 3. The Kier molecular flexibility index (Phi) is 6.93. The predicted octanol–water partition coefficient (Wildman–Crippen LogP) is 5.96. The topological polar surface area (TPSA) is 69.7 Å². The normalized spacial score (nSPS) is 25.7. The Morgan fingerprint density at radius 2 is 1.37 bits per heavy atom. The fraction of sp³-hybridized carbons (Fsp3) is 0.270. The molecule has 46 heavy (non-hydrogen) atoms. The standard InChI is InChI=1S/C37H32F3N3O3/c1-23-18-24(2)30-28(19-23)36(34(46)43(30)21-26-14-8-4-9-15-26)35(22-42(33(45)32(35)44)20-25-12-6-3-7-13-25)29(27-16-10-5-11-17-27)31(41-36)37(38,39)40/h3-19,29,31,41H,20-22H2,1-2H3/t29-,31+,35-,36-/m1/s1. The second-order valence-corrected chi connectivity index (χ2v) is 12.6. The fourth-order valence-corrected chi connectivity index (χ4v) is 8.12. The maximum absolute atomic E-state index is 15.3. The van der Waals surface area contributed by atoms with Crippen molar-refractivity contribution < 1.29 is 27.6 Å². The number of carbonyl (C=O) groups excluding carboxylic acids is 3. The third-order valence-corrected chi connectivity index (χ3v) is 9.83. The molecule has 9 heteroatoms. The molecule has 234 valence electrons. The molecular formula is C37H32F3N3O3. The van der Waals surface area contributed by atoms with Crippen molar-refractivity contribution in [1.82, 2.24) is 10.2 Å². The van der Waals surface area contributed by atoms with Crippen LogP contribution < -0.4 is 10.2 Å². The summed E-state index contributed by atoms with van der Waals surface area (Å²) in [5.74, 6) is -4.12. The van der Waals surface area contributed by atoms with Gasteiger partial charge in [0.05, 0.1) is 17.6 Å². The van der Waals surface area contributed by atoms with Crippen molar-refractivity contribution >= 4 is 23.3 Å². The number of ketones is 1. The molecule has 0 saturated carbocycles. The first kappa shape index (κ1) is 29.9. The van der Waals surface area contributed by atoms with Crippen LogP contribution in [0.4, 0.5) is 18.9 Å². The van der Waals surface area contributed by atoms with Crippen molar-refractivity contribution in [2.75, 3.05) is 11.4 Å². The molecule has 2 saturated heterocycles. The molecule has 1 N–H and O–H groups in total. The Morgan fingerprint density at radius 3 is 1.96 bits per heavy atom. The number of alkyl halides is 3. The van der Waals surface area contributed by atoms with E-state index in [1.54, 1.807) is 60.7 Å². The van der Waals surface area contributed by atoms with Crippen molar-refractivity contribution in [3.63, 3.8) is 0 Å². The molecule has 3 aliphatic heterocycles. The summed E-state index contributed by atoms with van der Waals surface area (Å²) in [4.78, 5) is 46.8. The van der Waals surface area contributed by atoms with E-state index in [4.69, 9.17) is 0 Å². The Labute approximate surface area is 264 Å². The Balaban J connectivity index is 1.51. The zero-order chi connectivity index (χ0) is 32.4. The Hall–Kier alpha value is -4.76. The van der Waals surface area contributed by atoms with Crippen LogP contribution in [0.2, 0.25) is 0 Å². The van der Waals surface area contributed by atoms with Gasteiger partial charge in [-0.3, -0.25) is 19.7 Å². The molecular weight excluding hydrogens is 591 g/mol. The average molecular weight is 624 g/mol. The van der Waals surface area contributed by atoms with Crippen LogP contribution in [-0.4, -0.2) is 41.3 Å². The molecule has 2 spiro atoms. The summed E-state index contributed by atoms with van der Waals surface area (Å²) in [5, 5.41) is 2.78. The van der Waals surface area contributed by atoms with Gasteiger partial charge in [0.25, 0.3) is 11.8 Å². The number of hydrogen-bond donors (Lipinski definition) is 1. The molecule has 0 unspecified atom stereocenters. The van der Waals surface area contributed by atoms with Gasteiger partial charge in [0.2, 0.25) is 5.78 Å². The van der Waals surface area contributed by atoms with Gasteiger partial charge in [-0.1, -0.05) is 109 Å². The highest BCUT2D eigenvalue weighted by molar-refractivity contribution is 6.42. The highest BCUT2D eigenvalue weighted by atomic mass is 19.4. The highest BCUT2D eigenvalue weighted by Crippen LogP contribution is 2.66. The van der Waals surface area contributed by atoms with Crippen molar-refractivity contribution in [2.45, 2.75) is 50.6 Å². The van der Waals surface area contributed by atoms with E-state index in [-0.39, 0.29) is 25.2 Å². The quantitative estimate of drug-likeness (QED) is 0.279. The number of aryl methyl sites for hydroxylation is 2. The summed E-state index contributed by atoms with van der Waals surface area (Å²) in [6, 6.07) is 27.5. The van der Waals surface area contributed by atoms with Crippen LogP contribution in [0, 0.1) is 19.3 Å². The number of halogens is 3. The van der Waals surface area contributed by atoms with Crippen LogP contribution in [0.5, 0.6) is 0 Å². The molecule has 0 bridgehead atoms. The number of anilines is 1. The summed E-state index contributed by atoms with van der Waals surface area (Å²) in [6.07, 6.45) is -4.86. The van der Waals surface area contributed by atoms with Gasteiger partial charge in [-0.25, -0.2) is 0 Å². The van der Waals surface area contributed by atoms with E-state index in [0.717, 1.165) is 16.7 Å². The minimum atomic E-state index is -4.86. The first-order chi connectivity index (χ1) is 22.0. The number of benzene rings is 4. The van der Waals surface area contributed by atoms with Crippen LogP contribution >= 0.6 is 0 Å². The molecule has 6 nitrogen and oxygen atoms in total. The van der Waals surface area contributed by atoms with Crippen LogP contribution in [-0.2, 0) is 33.0 Å². The molecule has 7 rings (SSSR count). The van der Waals surface area contributed by atoms with Crippen LogP contribution in [0.25, 0.3) is 0 Å². The van der Waals surface area contributed by atoms with Gasteiger partial charge >= 0.3 is 6.18 Å². The SMILES string of the molecule is Cc1cc(C)c2c(c1)[C@@]1(N[C@H](C(F)(F)F)[C@@H](c3ccccc3)[C@@]13CN(Cc1ccccc1)C(=O)C3=O)C(=O)N2Cc1ccccc1. The zero-order valence-electron chi connectivity index (χ0n) is 25.3. The van der Waals surface area contributed by atoms with Crippen molar-refractivity contribution in [1.29, 1.82) is 0 Å². The van der Waals surface area contributed by atoms with Crippen LogP contribution in [0.1, 0.15) is 39.3 Å². The number of likely N-dealkylation sites (tertiary alicyclic amines) is 1. The van der Waals surface area contributed by atoms with E-state index in [2.05, 4.69) is 5.32 Å². The second-order valence-electron chi connectivity index (χ2n) is 12.6. The first-order valence-corrected chi connectivity index (χ1v) is 15.2. The number of fused-ring (bicyclic) bond motifs is 3. The number of amides is 2. The number of nitrogens with zero attached hydrogens (tertiary/aromatic N) is 2. The molecule has 3 aliphatic rings. The lowest BCUT2D eigenvalue weighted by Gasteiger charge is -2.40. The summed E-state index contributed by atoms with van der Waals surface area (Å²) >= 11 is 0. The van der Waals surface area contributed by atoms with Gasteiger partial charge in [-0.2, -0.15) is 13.2 Å². The minimum Gasteiger partial charge on any atom is -0.331 e. The van der Waals surface area contributed by atoms with Crippen LogP contribution in [0.3, 0.4) is 0 Å². The van der Waals surface area contributed by atoms with E-state index in [9.17, 15) is 9.59 Å². The van der Waals surface area contributed by atoms with E-state index in [0.29, 0.717) is 16.8 Å². The highest BCUT2D eigenvalue weighted by Gasteiger charge is 2.81. The lowest BCUT2D eigenvalue weighted by atomic mass is 9.59. The lowest BCUT2D eigenvalue weighted by Crippen LogP contribution is -2.61. The van der Waals surface area contributed by atoms with Crippen LogP contribution in [0.15, 0.2) is 103 Å². The van der Waals surface area contributed by atoms with Gasteiger partial charge < -0.3 is 9.80 Å². The molecule has 4 aromatic rings. The summed E-state index contributed by atoms with van der Waals surface area (Å²) in [5.41, 5.74) is -0.382. The van der Waals surface area contributed by atoms with Gasteiger partial charge in [0.15, 0.2) is 0 Å². The van der Waals surface area contributed by atoms with Crippen molar-refractivity contribution in [3.05, 3.63) is 137 Å². The van der Waals surface area contributed by atoms with Gasteiger partial charge in [0.1, 0.15) is 11.6 Å². The van der Waals surface area contributed by atoms with E-state index < -0.39 is 46.7 Å². The molecule has 3 heterocycles. The average Bonchev–Trinajstić information content (AvgIpc) is 3.57. The third kappa shape index (κ3) is 4.25. The Morgan fingerprint density at radius 1 is 0.804 bits per heavy atom. The van der Waals surface area contributed by atoms with E-state index in [1.807, 2.05) is 56.3 Å². The Bertz CT molecular complexity index is 1850. The van der Waals surface area contributed by atoms with Gasteiger partial charge in [-0.15, -0.1) is 0 Å². The van der Waals surface area contributed by atoms with Gasteiger partial charge in [0, 0.05) is 24.6 Å². The molecule has 4 atom stereocenters. The third-order valence-electron chi connectivity index (χ3n) is 9.83. The molecule has 2 amide bonds. The summed E-state index contributed by atoms with van der Waals surface area (Å²) < 4.78 is 46.0. The van der Waals surface area contributed by atoms with Crippen molar-refractivity contribution in [3.8, 4) is 0 Å². The van der Waals surface area contributed by atoms with E-state index in [1.165, 1.54) is 9.80 Å². The number of hydrogen-bond acceptors (Lipinski definition) is 4. The molecule has 0 radical (unpaired) electrons. The summed E-state index contributed by atoms with van der Waals surface area (Å²) in [6.45, 7) is 3.36. The number of Topliss-reactive ketones (excluding diaryl/α,β-unsaturated/α-hetero) is 1. The van der Waals surface area contributed by atoms with Gasteiger partial charge in [-0.05, 0) is 36.1 Å². The maximum atomic E-state index is 15.3. The molecule has 2 fully saturated rings. The minimum absolute atomic E-state index is 0.0169. The zero-order valence-corrected chi connectivity index (χ0v) is 25.3. The molecule has 4 aromatic carbocycles. The predicted molar refractivity (Wildman–Crippen MR) is 167 cm³/mol. The number of nitrogens with one attached hydrogen (secondary N) is 1. The second kappa shape index (κ2) is 10.7. The number of rotatable bonds is 5. The molecule has 0 aliphatic carbocycles. The maximum Gasteiger partial charge on any atom is 0.404 e. The monoisotopic (exact) mass is 623 g/mol. The molecule has 0 aromatic heterocycles. The summed E-state index contributed by atoms with van der Waals surface area (Å²) in [7, 11) is 0. The largest absolute Gasteiger partial charge is 0.404 e. The fourth-order valence-electron chi connectivity index (χ4n) is 8.12. The van der Waals surface area contributed by atoms with Crippen molar-refractivity contribution in [2.24, 2.45) is 5.41 Å². The van der Waals surface area contributed by atoms with E-state index >= 15 is 18.0 Å². The first-order valence-electron chi connectivity index (χ1n) is 15.2. The lowest BCUT2D eigenvalue weighted by molar-refractivity contribution is -0.159. The smallest absolute Gasteiger partial charge is 0.331 e.